The van der Waals surface area contributed by atoms with E-state index in [1.807, 2.05) is 37.4 Å². The standard InChI is InChI=1S/C16H19NO3S/c1-2-7-20-15(16(18)19)11-21-10-12-8-13-5-3-4-6-14(13)17-9-12/h3-6,8-9,15H,2,7,10-11H2,1H3,(H,18,19)/t15-/m0/s1. The topological polar surface area (TPSA) is 59.4 Å². The number of aromatic nitrogens is 1. The number of rotatable bonds is 8. The van der Waals surface area contributed by atoms with Crippen molar-refractivity contribution in [2.45, 2.75) is 25.2 Å². The van der Waals surface area contributed by atoms with Gasteiger partial charge >= 0.3 is 5.97 Å². The molecule has 0 unspecified atom stereocenters. The second-order valence-electron chi connectivity index (χ2n) is 4.75. The molecule has 1 N–H and O–H groups in total. The summed E-state index contributed by atoms with van der Waals surface area (Å²) in [4.78, 5) is 15.5. The van der Waals surface area contributed by atoms with Crippen molar-refractivity contribution in [3.63, 3.8) is 0 Å². The second kappa shape index (κ2) is 8.00. The Morgan fingerprint density at radius 1 is 1.43 bits per heavy atom. The number of nitrogens with zero attached hydrogens (tertiary/aromatic N) is 1. The molecular formula is C16H19NO3S. The van der Waals surface area contributed by atoms with E-state index in [0.29, 0.717) is 12.4 Å². The molecule has 0 fully saturated rings. The Kier molecular flexibility index (Phi) is 6.02. The Hall–Kier alpha value is -1.59. The maximum atomic E-state index is 11.1. The van der Waals surface area contributed by atoms with Crippen molar-refractivity contribution in [2.24, 2.45) is 0 Å². The third-order valence-electron chi connectivity index (χ3n) is 2.98. The van der Waals surface area contributed by atoms with E-state index in [1.165, 1.54) is 0 Å². The molecule has 0 saturated heterocycles. The number of thioether (sulfide) groups is 1. The average molecular weight is 305 g/mol. The molecule has 0 bridgehead atoms. The number of para-hydroxylation sites is 1. The molecule has 1 atom stereocenters. The number of pyridine rings is 1. The van der Waals surface area contributed by atoms with Gasteiger partial charge in [-0.1, -0.05) is 25.1 Å². The van der Waals surface area contributed by atoms with Gasteiger partial charge in [0, 0.05) is 29.7 Å². The van der Waals surface area contributed by atoms with Gasteiger partial charge in [-0.25, -0.2) is 4.79 Å². The predicted octanol–water partition coefficient (Wildman–Crippen LogP) is 3.35. The lowest BCUT2D eigenvalue weighted by Crippen LogP contribution is -2.26. The summed E-state index contributed by atoms with van der Waals surface area (Å²) in [5.74, 6) is 0.284. The van der Waals surface area contributed by atoms with Crippen LogP contribution in [-0.4, -0.2) is 34.5 Å². The minimum Gasteiger partial charge on any atom is -0.479 e. The van der Waals surface area contributed by atoms with E-state index in [2.05, 4.69) is 11.1 Å². The van der Waals surface area contributed by atoms with Crippen molar-refractivity contribution in [3.05, 3.63) is 42.1 Å². The van der Waals surface area contributed by atoms with Gasteiger partial charge in [0.15, 0.2) is 6.10 Å². The number of carboxylic acids is 1. The van der Waals surface area contributed by atoms with Crippen LogP contribution in [-0.2, 0) is 15.3 Å². The van der Waals surface area contributed by atoms with E-state index in [0.717, 1.165) is 28.6 Å². The first-order chi connectivity index (χ1) is 10.2. The lowest BCUT2D eigenvalue weighted by atomic mass is 10.2. The zero-order chi connectivity index (χ0) is 15.1. The number of carbonyl (C=O) groups is 1. The molecule has 21 heavy (non-hydrogen) atoms. The molecule has 0 spiro atoms. The van der Waals surface area contributed by atoms with E-state index in [4.69, 9.17) is 9.84 Å². The number of fused-ring (bicyclic) bond motifs is 1. The lowest BCUT2D eigenvalue weighted by molar-refractivity contribution is -0.148. The predicted molar refractivity (Wildman–Crippen MR) is 85.6 cm³/mol. The Morgan fingerprint density at radius 2 is 2.24 bits per heavy atom. The normalized spacial score (nSPS) is 12.4. The van der Waals surface area contributed by atoms with Gasteiger partial charge in [-0.3, -0.25) is 4.98 Å². The zero-order valence-electron chi connectivity index (χ0n) is 12.0. The van der Waals surface area contributed by atoms with Crippen LogP contribution in [0.5, 0.6) is 0 Å². The number of carboxylic acid groups (broad SMARTS) is 1. The minimum atomic E-state index is -0.896. The van der Waals surface area contributed by atoms with Crippen LogP contribution in [0, 0.1) is 0 Å². The molecule has 2 rings (SSSR count). The summed E-state index contributed by atoms with van der Waals surface area (Å²) in [7, 11) is 0. The highest BCUT2D eigenvalue weighted by Crippen LogP contribution is 2.18. The third kappa shape index (κ3) is 4.72. The Balaban J connectivity index is 1.90. The summed E-state index contributed by atoms with van der Waals surface area (Å²) < 4.78 is 5.32. The summed E-state index contributed by atoms with van der Waals surface area (Å²) in [5.41, 5.74) is 2.07. The largest absolute Gasteiger partial charge is 0.479 e. The smallest absolute Gasteiger partial charge is 0.333 e. The van der Waals surface area contributed by atoms with Crippen molar-refractivity contribution in [1.29, 1.82) is 0 Å². The van der Waals surface area contributed by atoms with Gasteiger partial charge in [0.1, 0.15) is 0 Å². The molecule has 0 radical (unpaired) electrons. The van der Waals surface area contributed by atoms with Crippen LogP contribution in [0.2, 0.25) is 0 Å². The molecule has 0 aliphatic heterocycles. The van der Waals surface area contributed by atoms with Crippen molar-refractivity contribution < 1.29 is 14.6 Å². The number of hydrogen-bond acceptors (Lipinski definition) is 4. The van der Waals surface area contributed by atoms with E-state index in [-0.39, 0.29) is 0 Å². The first-order valence-electron chi connectivity index (χ1n) is 6.96. The molecule has 2 aromatic rings. The van der Waals surface area contributed by atoms with E-state index >= 15 is 0 Å². The van der Waals surface area contributed by atoms with Crippen molar-refractivity contribution in [1.82, 2.24) is 4.98 Å². The third-order valence-corrected chi connectivity index (χ3v) is 4.06. The molecule has 4 nitrogen and oxygen atoms in total. The zero-order valence-corrected chi connectivity index (χ0v) is 12.8. The lowest BCUT2D eigenvalue weighted by Gasteiger charge is -2.12. The van der Waals surface area contributed by atoms with Crippen molar-refractivity contribution in [2.75, 3.05) is 12.4 Å². The number of ether oxygens (including phenoxy) is 1. The van der Waals surface area contributed by atoms with Gasteiger partial charge in [0.05, 0.1) is 5.52 Å². The Morgan fingerprint density at radius 3 is 3.00 bits per heavy atom. The first-order valence-corrected chi connectivity index (χ1v) is 8.12. The maximum absolute atomic E-state index is 11.1. The van der Waals surface area contributed by atoms with Crippen LogP contribution in [0.25, 0.3) is 10.9 Å². The summed E-state index contributed by atoms with van der Waals surface area (Å²) in [6.45, 7) is 2.45. The summed E-state index contributed by atoms with van der Waals surface area (Å²) in [6.07, 6.45) is 1.93. The first kappa shape index (κ1) is 15.8. The molecule has 112 valence electrons. The molecule has 0 saturated carbocycles. The fourth-order valence-electron chi connectivity index (χ4n) is 1.93. The fourth-order valence-corrected chi connectivity index (χ4v) is 2.89. The quantitative estimate of drug-likeness (QED) is 0.810. The van der Waals surface area contributed by atoms with Crippen molar-refractivity contribution >= 4 is 28.6 Å². The summed E-state index contributed by atoms with van der Waals surface area (Å²) in [6, 6.07) is 10.1. The maximum Gasteiger partial charge on any atom is 0.333 e. The van der Waals surface area contributed by atoms with Crippen LogP contribution in [0.1, 0.15) is 18.9 Å². The van der Waals surface area contributed by atoms with Crippen molar-refractivity contribution in [3.8, 4) is 0 Å². The Bertz CT molecular complexity index is 603. The summed E-state index contributed by atoms with van der Waals surface area (Å²) >= 11 is 1.56. The van der Waals surface area contributed by atoms with Gasteiger partial charge in [-0.2, -0.15) is 11.8 Å². The van der Waals surface area contributed by atoms with E-state index in [9.17, 15) is 4.79 Å². The van der Waals surface area contributed by atoms with Crippen LogP contribution in [0.15, 0.2) is 36.5 Å². The van der Waals surface area contributed by atoms with E-state index in [1.54, 1.807) is 11.8 Å². The highest BCUT2D eigenvalue weighted by atomic mass is 32.2. The molecular weight excluding hydrogens is 286 g/mol. The molecule has 5 heteroatoms. The van der Waals surface area contributed by atoms with Crippen LogP contribution < -0.4 is 0 Å². The van der Waals surface area contributed by atoms with Crippen LogP contribution in [0.4, 0.5) is 0 Å². The minimum absolute atomic E-state index is 0.447. The van der Waals surface area contributed by atoms with Crippen LogP contribution in [0.3, 0.4) is 0 Å². The number of aliphatic carboxylic acids is 1. The average Bonchev–Trinajstić information content (AvgIpc) is 2.50. The molecule has 0 amide bonds. The highest BCUT2D eigenvalue weighted by Gasteiger charge is 2.17. The Labute approximate surface area is 128 Å². The van der Waals surface area contributed by atoms with Gasteiger partial charge in [-0.05, 0) is 24.1 Å². The molecule has 1 heterocycles. The van der Waals surface area contributed by atoms with Gasteiger partial charge in [0.2, 0.25) is 0 Å². The second-order valence-corrected chi connectivity index (χ2v) is 5.78. The number of benzene rings is 1. The molecule has 1 aromatic carbocycles. The van der Waals surface area contributed by atoms with Gasteiger partial charge in [-0.15, -0.1) is 0 Å². The number of hydrogen-bond donors (Lipinski definition) is 1. The fraction of sp³-hybridized carbons (Fsp3) is 0.375. The van der Waals surface area contributed by atoms with Crippen LogP contribution >= 0.6 is 11.8 Å². The van der Waals surface area contributed by atoms with Gasteiger partial charge in [0.25, 0.3) is 0 Å². The monoisotopic (exact) mass is 305 g/mol. The molecule has 0 aliphatic carbocycles. The SMILES string of the molecule is CCCO[C@@H](CSCc1cnc2ccccc2c1)C(=O)O. The van der Waals surface area contributed by atoms with Gasteiger partial charge < -0.3 is 9.84 Å². The van der Waals surface area contributed by atoms with E-state index < -0.39 is 12.1 Å². The summed E-state index contributed by atoms with van der Waals surface area (Å²) in [5, 5.41) is 10.2. The molecule has 0 aliphatic rings. The highest BCUT2D eigenvalue weighted by molar-refractivity contribution is 7.98. The molecule has 1 aromatic heterocycles.